The molecular weight excluding hydrogens is 490 g/mol. The van der Waals surface area contributed by atoms with E-state index in [1.54, 1.807) is 20.3 Å². The van der Waals surface area contributed by atoms with E-state index in [2.05, 4.69) is 36.5 Å². The molecule has 1 amide bonds. The van der Waals surface area contributed by atoms with E-state index in [1.165, 1.54) is 22.3 Å². The largest absolute Gasteiger partial charge is 0.497 e. The molecule has 5 rings (SSSR count). The Balaban J connectivity index is 1.39. The minimum Gasteiger partial charge on any atom is -0.497 e. The molecule has 1 unspecified atom stereocenters. The molecule has 0 fully saturated rings. The third kappa shape index (κ3) is 5.55. The molecule has 0 spiro atoms. The quantitative estimate of drug-likeness (QED) is 0.240. The van der Waals surface area contributed by atoms with Gasteiger partial charge in [-0.25, -0.2) is 4.79 Å². The Hall–Kier alpha value is -4.45. The molecule has 4 aromatic carbocycles. The molecule has 0 radical (unpaired) electrons. The maximum absolute atomic E-state index is 13.3. The second-order valence-electron chi connectivity index (χ2n) is 9.43. The number of hydrogen-bond acceptors (Lipinski definition) is 5. The van der Waals surface area contributed by atoms with Gasteiger partial charge in [0.1, 0.15) is 23.9 Å². The van der Waals surface area contributed by atoms with Gasteiger partial charge >= 0.3 is 6.09 Å². The van der Waals surface area contributed by atoms with Crippen molar-refractivity contribution in [2.75, 3.05) is 27.4 Å². The number of nitrogens with one attached hydrogen (secondary N) is 1. The zero-order valence-electron chi connectivity index (χ0n) is 22.5. The molecule has 4 aromatic rings. The van der Waals surface area contributed by atoms with Crippen molar-refractivity contribution in [3.8, 4) is 28.4 Å². The lowest BCUT2D eigenvalue weighted by Gasteiger charge is -2.23. The van der Waals surface area contributed by atoms with Crippen LogP contribution in [-0.4, -0.2) is 33.5 Å². The summed E-state index contributed by atoms with van der Waals surface area (Å²) in [6.07, 6.45) is 0.419. The van der Waals surface area contributed by atoms with Crippen molar-refractivity contribution in [2.24, 2.45) is 0 Å². The van der Waals surface area contributed by atoms with Crippen LogP contribution in [0, 0.1) is 0 Å². The summed E-state index contributed by atoms with van der Waals surface area (Å²) in [5.41, 5.74) is 6.37. The molecule has 1 aliphatic carbocycles. The summed E-state index contributed by atoms with van der Waals surface area (Å²) in [5.74, 6) is 2.03. The molecular formula is C33H33NO5. The van der Waals surface area contributed by atoms with Gasteiger partial charge in [-0.2, -0.15) is 0 Å². The van der Waals surface area contributed by atoms with E-state index in [9.17, 15) is 4.79 Å². The summed E-state index contributed by atoms with van der Waals surface area (Å²) >= 11 is 0. The van der Waals surface area contributed by atoms with Crippen molar-refractivity contribution in [1.29, 1.82) is 0 Å². The topological polar surface area (TPSA) is 66.0 Å². The monoisotopic (exact) mass is 523 g/mol. The molecule has 1 atom stereocenters. The van der Waals surface area contributed by atoms with Gasteiger partial charge in [0.25, 0.3) is 0 Å². The summed E-state index contributed by atoms with van der Waals surface area (Å²) in [7, 11) is 3.21. The van der Waals surface area contributed by atoms with Gasteiger partial charge in [0, 0.05) is 17.5 Å². The molecule has 0 saturated carbocycles. The van der Waals surface area contributed by atoms with Crippen LogP contribution in [0.2, 0.25) is 0 Å². The molecule has 0 aromatic heterocycles. The van der Waals surface area contributed by atoms with Crippen molar-refractivity contribution < 1.29 is 23.7 Å². The van der Waals surface area contributed by atoms with Crippen molar-refractivity contribution in [2.45, 2.75) is 25.3 Å². The maximum Gasteiger partial charge on any atom is 0.407 e. The Bertz CT molecular complexity index is 1390. The Kier molecular flexibility index (Phi) is 8.02. The lowest BCUT2D eigenvalue weighted by molar-refractivity contribution is 0.140. The first-order valence-electron chi connectivity index (χ1n) is 13.2. The van der Waals surface area contributed by atoms with E-state index in [0.29, 0.717) is 18.1 Å². The molecule has 1 aliphatic rings. The van der Waals surface area contributed by atoms with Crippen LogP contribution in [-0.2, 0) is 4.74 Å². The normalized spacial score (nSPS) is 12.7. The fourth-order valence-electron chi connectivity index (χ4n) is 5.13. The standard InChI is InChI=1S/C33H33NO5/c1-4-19-38-23-15-13-22(14-16-23)32(29-18-17-24(36-2)20-31(29)37-3)34-33(35)39-21-30-27-11-7-5-9-25(27)26-10-6-8-12-28(26)30/h5-18,20,30,32H,4,19,21H2,1-3H3,(H,34,35). The second-order valence-corrected chi connectivity index (χ2v) is 9.43. The number of fused-ring (bicyclic) bond motifs is 3. The van der Waals surface area contributed by atoms with Crippen molar-refractivity contribution >= 4 is 6.09 Å². The van der Waals surface area contributed by atoms with Gasteiger partial charge in [0.05, 0.1) is 26.9 Å². The highest BCUT2D eigenvalue weighted by Crippen LogP contribution is 2.44. The lowest BCUT2D eigenvalue weighted by Crippen LogP contribution is -2.31. The minimum absolute atomic E-state index is 0.0212. The SMILES string of the molecule is CCCOc1ccc(C(NC(=O)OCC2c3ccccc3-c3ccccc32)c2ccc(OC)cc2OC)cc1. The highest BCUT2D eigenvalue weighted by molar-refractivity contribution is 5.79. The summed E-state index contributed by atoms with van der Waals surface area (Å²) in [4.78, 5) is 13.3. The van der Waals surface area contributed by atoms with Crippen molar-refractivity contribution in [1.82, 2.24) is 5.32 Å². The maximum atomic E-state index is 13.3. The molecule has 1 N–H and O–H groups in total. The minimum atomic E-state index is -0.512. The number of methoxy groups -OCH3 is 2. The van der Waals surface area contributed by atoms with Gasteiger partial charge in [0.15, 0.2) is 0 Å². The number of carbonyl (C=O) groups is 1. The number of alkyl carbamates (subject to hydrolysis) is 1. The first-order chi connectivity index (χ1) is 19.1. The van der Waals surface area contributed by atoms with Crippen LogP contribution in [0.25, 0.3) is 11.1 Å². The fraction of sp³-hybridized carbons (Fsp3) is 0.242. The van der Waals surface area contributed by atoms with Crippen LogP contribution in [0.1, 0.15) is 47.6 Å². The van der Waals surface area contributed by atoms with E-state index in [-0.39, 0.29) is 12.5 Å². The third-order valence-electron chi connectivity index (χ3n) is 7.04. The third-order valence-corrected chi connectivity index (χ3v) is 7.04. The Morgan fingerprint density at radius 1 is 0.821 bits per heavy atom. The van der Waals surface area contributed by atoms with Gasteiger partial charge < -0.3 is 24.3 Å². The average molecular weight is 524 g/mol. The molecule has 6 heteroatoms. The molecule has 0 bridgehead atoms. The second kappa shape index (κ2) is 11.9. The zero-order valence-corrected chi connectivity index (χ0v) is 22.5. The highest BCUT2D eigenvalue weighted by Gasteiger charge is 2.30. The van der Waals surface area contributed by atoms with Crippen LogP contribution in [0.15, 0.2) is 91.0 Å². The highest BCUT2D eigenvalue weighted by atomic mass is 16.5. The number of carbonyl (C=O) groups excluding carboxylic acids is 1. The van der Waals surface area contributed by atoms with Crippen molar-refractivity contribution in [3.05, 3.63) is 113 Å². The van der Waals surface area contributed by atoms with Crippen molar-refractivity contribution in [3.63, 3.8) is 0 Å². The van der Waals surface area contributed by atoms with E-state index in [4.69, 9.17) is 18.9 Å². The molecule has 0 heterocycles. The van der Waals surface area contributed by atoms with Gasteiger partial charge in [-0.05, 0) is 58.5 Å². The van der Waals surface area contributed by atoms with Crippen LogP contribution in [0.4, 0.5) is 4.79 Å². The molecule has 6 nitrogen and oxygen atoms in total. The van der Waals surface area contributed by atoms with E-state index in [1.807, 2.05) is 60.7 Å². The van der Waals surface area contributed by atoms with Crippen LogP contribution in [0.5, 0.6) is 17.2 Å². The van der Waals surface area contributed by atoms with Gasteiger partial charge in [-0.1, -0.05) is 67.6 Å². The smallest absolute Gasteiger partial charge is 0.407 e. The van der Waals surface area contributed by atoms with E-state index < -0.39 is 12.1 Å². The summed E-state index contributed by atoms with van der Waals surface area (Å²) in [6, 6.07) is 29.3. The van der Waals surface area contributed by atoms with Gasteiger partial charge in [-0.3, -0.25) is 0 Å². The molecule has 200 valence electrons. The summed E-state index contributed by atoms with van der Waals surface area (Å²) < 4.78 is 22.7. The summed E-state index contributed by atoms with van der Waals surface area (Å²) in [6.45, 7) is 2.95. The Morgan fingerprint density at radius 2 is 1.46 bits per heavy atom. The number of rotatable bonds is 10. The van der Waals surface area contributed by atoms with Crippen LogP contribution >= 0.6 is 0 Å². The summed E-state index contributed by atoms with van der Waals surface area (Å²) in [5, 5.41) is 3.07. The molecule has 0 saturated heterocycles. The van der Waals surface area contributed by atoms with Crippen LogP contribution in [0.3, 0.4) is 0 Å². The first-order valence-corrected chi connectivity index (χ1v) is 13.2. The number of benzene rings is 4. The van der Waals surface area contributed by atoms with E-state index >= 15 is 0 Å². The predicted octanol–water partition coefficient (Wildman–Crippen LogP) is 7.12. The average Bonchev–Trinajstić information content (AvgIpc) is 3.31. The fourth-order valence-corrected chi connectivity index (χ4v) is 5.13. The van der Waals surface area contributed by atoms with Crippen LogP contribution < -0.4 is 19.5 Å². The van der Waals surface area contributed by atoms with Gasteiger partial charge in [0.2, 0.25) is 0 Å². The molecule has 39 heavy (non-hydrogen) atoms. The Morgan fingerprint density at radius 3 is 2.08 bits per heavy atom. The number of amides is 1. The predicted molar refractivity (Wildman–Crippen MR) is 152 cm³/mol. The molecule has 0 aliphatic heterocycles. The zero-order chi connectivity index (χ0) is 27.2. The lowest BCUT2D eigenvalue weighted by atomic mass is 9.97. The number of hydrogen-bond donors (Lipinski definition) is 1. The van der Waals surface area contributed by atoms with Gasteiger partial charge in [-0.15, -0.1) is 0 Å². The Labute approximate surface area is 229 Å². The number of ether oxygens (including phenoxy) is 4. The van der Waals surface area contributed by atoms with E-state index in [0.717, 1.165) is 23.3 Å². The first kappa shape index (κ1) is 26.2.